The number of pyridine rings is 2. The fourth-order valence-electron chi connectivity index (χ4n) is 4.10. The van der Waals surface area contributed by atoms with E-state index in [-0.39, 0.29) is 4.90 Å². The summed E-state index contributed by atoms with van der Waals surface area (Å²) < 4.78 is 28.0. The third-order valence-electron chi connectivity index (χ3n) is 5.62. The first-order valence-electron chi connectivity index (χ1n) is 10.0. The van der Waals surface area contributed by atoms with Gasteiger partial charge in [-0.15, -0.1) is 0 Å². The lowest BCUT2D eigenvalue weighted by atomic mass is 10.0. The number of hydrogen-bond acceptors (Lipinski definition) is 6. The number of anilines is 2. The van der Waals surface area contributed by atoms with Gasteiger partial charge in [0, 0.05) is 30.2 Å². The van der Waals surface area contributed by atoms with Crippen molar-refractivity contribution < 1.29 is 8.42 Å². The van der Waals surface area contributed by atoms with Crippen molar-refractivity contribution in [2.75, 3.05) is 11.9 Å². The summed E-state index contributed by atoms with van der Waals surface area (Å²) >= 11 is 0. The van der Waals surface area contributed by atoms with E-state index in [1.165, 1.54) is 4.31 Å². The van der Waals surface area contributed by atoms with Crippen molar-refractivity contribution in [3.05, 3.63) is 71.3 Å². The highest BCUT2D eigenvalue weighted by Gasteiger charge is 2.33. The molecule has 0 atom stereocenters. The molecule has 0 radical (unpaired) electrons. The molecule has 0 aliphatic carbocycles. The summed E-state index contributed by atoms with van der Waals surface area (Å²) in [5, 5.41) is 11.2. The molecular weight excluding hydrogens is 412 g/mol. The monoisotopic (exact) mass is 434 g/mol. The first-order chi connectivity index (χ1) is 14.9. The van der Waals surface area contributed by atoms with Crippen LogP contribution in [0, 0.1) is 13.8 Å². The fraction of sp³-hybridized carbons (Fsp3) is 0.227. The Labute approximate surface area is 180 Å². The van der Waals surface area contributed by atoms with Gasteiger partial charge in [0.15, 0.2) is 0 Å². The maximum atomic E-state index is 13.2. The molecule has 1 aliphatic heterocycles. The van der Waals surface area contributed by atoms with Crippen LogP contribution in [0.4, 0.5) is 11.5 Å². The van der Waals surface area contributed by atoms with E-state index in [4.69, 9.17) is 0 Å². The van der Waals surface area contributed by atoms with Gasteiger partial charge in [0.05, 0.1) is 28.8 Å². The highest BCUT2D eigenvalue weighted by molar-refractivity contribution is 7.89. The van der Waals surface area contributed by atoms with E-state index in [1.54, 1.807) is 26.2 Å². The summed E-state index contributed by atoms with van der Waals surface area (Å²) in [6, 6.07) is 11.9. The van der Waals surface area contributed by atoms with Crippen LogP contribution >= 0.6 is 0 Å². The summed E-state index contributed by atoms with van der Waals surface area (Å²) in [6.45, 7) is 4.12. The smallest absolute Gasteiger partial charge is 0.247 e. The van der Waals surface area contributed by atoms with Crippen molar-refractivity contribution in [1.29, 1.82) is 0 Å². The molecule has 5 rings (SSSR count). The minimum Gasteiger partial charge on any atom is -0.339 e. The number of nitrogens with one attached hydrogen (secondary N) is 2. The first kappa shape index (κ1) is 19.7. The normalized spacial score (nSPS) is 14.5. The zero-order valence-electron chi connectivity index (χ0n) is 17.3. The largest absolute Gasteiger partial charge is 0.339 e. The number of aromatic amines is 1. The van der Waals surface area contributed by atoms with Crippen molar-refractivity contribution in [1.82, 2.24) is 24.5 Å². The predicted octanol–water partition coefficient (Wildman–Crippen LogP) is 3.46. The Kier molecular flexibility index (Phi) is 4.71. The molecule has 9 heteroatoms. The van der Waals surface area contributed by atoms with Gasteiger partial charge in [-0.2, -0.15) is 9.40 Å². The van der Waals surface area contributed by atoms with E-state index in [2.05, 4.69) is 25.5 Å². The average molecular weight is 435 g/mol. The molecule has 0 fully saturated rings. The molecule has 3 aromatic heterocycles. The molecule has 31 heavy (non-hydrogen) atoms. The van der Waals surface area contributed by atoms with E-state index in [1.807, 2.05) is 36.4 Å². The molecule has 8 nitrogen and oxygen atoms in total. The topological polar surface area (TPSA) is 104 Å². The number of hydrogen-bond donors (Lipinski definition) is 2. The molecule has 0 saturated heterocycles. The number of benzene rings is 1. The number of nitrogens with zero attached hydrogens (tertiary/aromatic N) is 4. The maximum absolute atomic E-state index is 13.2. The van der Waals surface area contributed by atoms with Gasteiger partial charge in [0.25, 0.3) is 0 Å². The molecule has 1 aliphatic rings. The molecule has 0 saturated carbocycles. The number of aryl methyl sites for hydroxylation is 2. The SMILES string of the molecule is Cc1n[nH]c(C)c1S(=O)(=O)N1CCc2c(ccnc2Nc2cnc3ccccc3c2)C1. The van der Waals surface area contributed by atoms with Crippen molar-refractivity contribution in [2.24, 2.45) is 0 Å². The second-order valence-corrected chi connectivity index (χ2v) is 9.57. The third kappa shape index (κ3) is 3.45. The number of aromatic nitrogens is 4. The van der Waals surface area contributed by atoms with E-state index in [9.17, 15) is 8.42 Å². The second kappa shape index (κ2) is 7.44. The molecule has 0 unspecified atom stereocenters. The molecule has 2 N–H and O–H groups in total. The Bertz CT molecular complexity index is 1380. The van der Waals surface area contributed by atoms with Gasteiger partial charge in [-0.25, -0.2) is 13.4 Å². The summed E-state index contributed by atoms with van der Waals surface area (Å²) in [4.78, 5) is 9.27. The van der Waals surface area contributed by atoms with Crippen LogP contribution in [-0.4, -0.2) is 39.4 Å². The van der Waals surface area contributed by atoms with E-state index < -0.39 is 10.0 Å². The lowest BCUT2D eigenvalue weighted by molar-refractivity contribution is 0.391. The van der Waals surface area contributed by atoms with Crippen molar-refractivity contribution in [3.63, 3.8) is 0 Å². The standard InChI is InChI=1S/C22H22N6O2S/c1-14-21(15(2)27-26-14)31(29,30)28-10-8-19-17(13-28)7-9-23-22(19)25-18-11-16-5-3-4-6-20(16)24-12-18/h3-7,9,11-12H,8,10,13H2,1-2H3,(H,23,25)(H,26,27). The van der Waals surface area contributed by atoms with Gasteiger partial charge in [-0.1, -0.05) is 18.2 Å². The molecule has 0 spiro atoms. The quantitative estimate of drug-likeness (QED) is 0.510. The van der Waals surface area contributed by atoms with Crippen molar-refractivity contribution in [2.45, 2.75) is 31.7 Å². The van der Waals surface area contributed by atoms with Crippen LogP contribution in [0.2, 0.25) is 0 Å². The molecule has 4 aromatic rings. The second-order valence-electron chi connectivity index (χ2n) is 7.69. The number of sulfonamides is 1. The zero-order valence-corrected chi connectivity index (χ0v) is 18.1. The zero-order chi connectivity index (χ0) is 21.6. The highest BCUT2D eigenvalue weighted by atomic mass is 32.2. The van der Waals surface area contributed by atoms with Gasteiger partial charge in [0.2, 0.25) is 10.0 Å². The van der Waals surface area contributed by atoms with Gasteiger partial charge >= 0.3 is 0 Å². The summed E-state index contributed by atoms with van der Waals surface area (Å²) in [7, 11) is -3.63. The van der Waals surface area contributed by atoms with Crippen LogP contribution in [0.15, 0.2) is 53.7 Å². The van der Waals surface area contributed by atoms with Gasteiger partial charge in [-0.05, 0) is 44.0 Å². The highest BCUT2D eigenvalue weighted by Crippen LogP contribution is 2.31. The number of fused-ring (bicyclic) bond motifs is 2. The van der Waals surface area contributed by atoms with Gasteiger partial charge in [0.1, 0.15) is 10.7 Å². The lowest BCUT2D eigenvalue weighted by Crippen LogP contribution is -2.36. The average Bonchev–Trinajstić information content (AvgIpc) is 3.12. The Morgan fingerprint density at radius 1 is 1.13 bits per heavy atom. The van der Waals surface area contributed by atoms with Crippen LogP contribution < -0.4 is 5.32 Å². The molecule has 0 amide bonds. The number of H-pyrrole nitrogens is 1. The van der Waals surface area contributed by atoms with Gasteiger partial charge in [-0.3, -0.25) is 10.1 Å². The predicted molar refractivity (Wildman–Crippen MR) is 119 cm³/mol. The van der Waals surface area contributed by atoms with Crippen molar-refractivity contribution >= 4 is 32.4 Å². The van der Waals surface area contributed by atoms with E-state index >= 15 is 0 Å². The Morgan fingerprint density at radius 2 is 1.97 bits per heavy atom. The number of rotatable bonds is 4. The van der Waals surface area contributed by atoms with Crippen LogP contribution in [0.25, 0.3) is 10.9 Å². The summed E-state index contributed by atoms with van der Waals surface area (Å²) in [5.41, 5.74) is 4.80. The third-order valence-corrected chi connectivity index (χ3v) is 7.73. The van der Waals surface area contributed by atoms with Crippen LogP contribution in [0.1, 0.15) is 22.5 Å². The minimum atomic E-state index is -3.63. The van der Waals surface area contributed by atoms with Crippen molar-refractivity contribution in [3.8, 4) is 0 Å². The Hall–Kier alpha value is -3.30. The van der Waals surface area contributed by atoms with Crippen LogP contribution in [-0.2, 0) is 23.0 Å². The minimum absolute atomic E-state index is 0.269. The van der Waals surface area contributed by atoms with E-state index in [0.717, 1.165) is 33.5 Å². The van der Waals surface area contributed by atoms with E-state index in [0.29, 0.717) is 30.9 Å². The van der Waals surface area contributed by atoms with Crippen LogP contribution in [0.5, 0.6) is 0 Å². The summed E-state index contributed by atoms with van der Waals surface area (Å²) in [6.07, 6.45) is 4.06. The lowest BCUT2D eigenvalue weighted by Gasteiger charge is -2.29. The maximum Gasteiger partial charge on any atom is 0.247 e. The Balaban J connectivity index is 1.44. The molecule has 0 bridgehead atoms. The Morgan fingerprint density at radius 3 is 2.77 bits per heavy atom. The van der Waals surface area contributed by atoms with Crippen LogP contribution in [0.3, 0.4) is 0 Å². The molecular formula is C22H22N6O2S. The molecule has 1 aromatic carbocycles. The van der Waals surface area contributed by atoms with Gasteiger partial charge < -0.3 is 5.32 Å². The number of para-hydroxylation sites is 1. The fourth-order valence-corrected chi connectivity index (χ4v) is 5.85. The molecule has 4 heterocycles. The summed E-state index contributed by atoms with van der Waals surface area (Å²) in [5.74, 6) is 0.738. The first-order valence-corrected chi connectivity index (χ1v) is 11.5. The molecule has 158 valence electrons.